The first-order valence-corrected chi connectivity index (χ1v) is 11.0. The Morgan fingerprint density at radius 2 is 1.97 bits per heavy atom. The highest BCUT2D eigenvalue weighted by molar-refractivity contribution is 5.86. The predicted octanol–water partition coefficient (Wildman–Crippen LogP) is 4.55. The Kier molecular flexibility index (Phi) is 10.5. The Labute approximate surface area is 186 Å². The third-order valence-electron chi connectivity index (χ3n) is 5.43. The van der Waals surface area contributed by atoms with Gasteiger partial charge in [-0.25, -0.2) is 5.43 Å². The van der Waals surface area contributed by atoms with Crippen molar-refractivity contribution < 1.29 is 9.90 Å². The zero-order valence-electron chi connectivity index (χ0n) is 18.8. The van der Waals surface area contributed by atoms with Gasteiger partial charge in [-0.3, -0.25) is 9.69 Å². The summed E-state index contributed by atoms with van der Waals surface area (Å²) in [6, 6.07) is 16.0. The van der Waals surface area contributed by atoms with Gasteiger partial charge < -0.3 is 5.11 Å². The molecule has 166 valence electrons. The third-order valence-corrected chi connectivity index (χ3v) is 5.43. The minimum Gasteiger partial charge on any atom is -0.507 e. The van der Waals surface area contributed by atoms with Crippen LogP contribution in [0.3, 0.4) is 0 Å². The van der Waals surface area contributed by atoms with Gasteiger partial charge >= 0.3 is 0 Å². The molecule has 0 saturated heterocycles. The van der Waals surface area contributed by atoms with Crippen LogP contribution >= 0.6 is 0 Å². The topological polar surface area (TPSA) is 64.9 Å². The highest BCUT2D eigenvalue weighted by Gasteiger charge is 2.11. The first-order chi connectivity index (χ1) is 15.0. The quantitative estimate of drug-likeness (QED) is 0.283. The minimum atomic E-state index is -0.156. The summed E-state index contributed by atoms with van der Waals surface area (Å²) in [7, 11) is 0. The van der Waals surface area contributed by atoms with Gasteiger partial charge in [0, 0.05) is 5.56 Å². The van der Waals surface area contributed by atoms with Crippen molar-refractivity contribution in [3.8, 4) is 5.75 Å². The fourth-order valence-electron chi connectivity index (χ4n) is 3.40. The molecule has 2 rings (SSSR count). The van der Waals surface area contributed by atoms with Crippen molar-refractivity contribution in [1.29, 1.82) is 0 Å². The Hall–Kier alpha value is -2.92. The maximum atomic E-state index is 12.3. The second-order valence-electron chi connectivity index (χ2n) is 7.93. The SMILES string of the molecule is C=CCc1cccc(/C=N/NC(=O)CN(CC)CC[C@H](C)CCc2ccccc2)c1O. The highest BCUT2D eigenvalue weighted by Crippen LogP contribution is 2.21. The summed E-state index contributed by atoms with van der Waals surface area (Å²) in [5, 5.41) is 14.3. The molecule has 1 atom stereocenters. The zero-order valence-corrected chi connectivity index (χ0v) is 18.8. The fraction of sp³-hybridized carbons (Fsp3) is 0.385. The predicted molar refractivity (Wildman–Crippen MR) is 128 cm³/mol. The lowest BCUT2D eigenvalue weighted by Gasteiger charge is -2.21. The number of para-hydroxylation sites is 1. The second kappa shape index (κ2) is 13.4. The molecule has 0 aliphatic rings. The van der Waals surface area contributed by atoms with E-state index < -0.39 is 0 Å². The highest BCUT2D eigenvalue weighted by atomic mass is 16.3. The van der Waals surface area contributed by atoms with Gasteiger partial charge in [0.1, 0.15) is 5.75 Å². The molecule has 0 fully saturated rings. The van der Waals surface area contributed by atoms with Crippen LogP contribution in [0.25, 0.3) is 0 Å². The van der Waals surface area contributed by atoms with E-state index in [9.17, 15) is 9.90 Å². The van der Waals surface area contributed by atoms with Crippen LogP contribution in [0.5, 0.6) is 5.75 Å². The van der Waals surface area contributed by atoms with E-state index >= 15 is 0 Å². The Balaban J connectivity index is 1.75. The molecule has 5 heteroatoms. The Morgan fingerprint density at radius 1 is 1.19 bits per heavy atom. The van der Waals surface area contributed by atoms with Crippen molar-refractivity contribution in [2.24, 2.45) is 11.0 Å². The van der Waals surface area contributed by atoms with E-state index in [0.29, 0.717) is 24.4 Å². The van der Waals surface area contributed by atoms with Crippen LogP contribution in [0.15, 0.2) is 66.3 Å². The van der Waals surface area contributed by atoms with Crippen LogP contribution < -0.4 is 5.43 Å². The van der Waals surface area contributed by atoms with Crippen LogP contribution in [-0.2, 0) is 17.6 Å². The van der Waals surface area contributed by atoms with Crippen molar-refractivity contribution >= 4 is 12.1 Å². The number of phenols is 1. The van der Waals surface area contributed by atoms with Crippen LogP contribution in [-0.4, -0.2) is 41.8 Å². The van der Waals surface area contributed by atoms with Crippen LogP contribution in [0, 0.1) is 5.92 Å². The molecule has 0 radical (unpaired) electrons. The molecule has 31 heavy (non-hydrogen) atoms. The van der Waals surface area contributed by atoms with Crippen molar-refractivity contribution in [1.82, 2.24) is 10.3 Å². The molecule has 0 unspecified atom stereocenters. The van der Waals surface area contributed by atoms with Gasteiger partial charge in [0.2, 0.25) is 0 Å². The summed E-state index contributed by atoms with van der Waals surface area (Å²) in [5.41, 5.74) is 5.29. The number of hydrogen-bond acceptors (Lipinski definition) is 4. The molecule has 1 amide bonds. The van der Waals surface area contributed by atoms with Gasteiger partial charge in [0.25, 0.3) is 5.91 Å². The molecule has 2 aromatic rings. The van der Waals surface area contributed by atoms with Gasteiger partial charge in [-0.2, -0.15) is 5.10 Å². The molecule has 0 aliphatic carbocycles. The number of carbonyl (C=O) groups is 1. The van der Waals surface area contributed by atoms with Crippen molar-refractivity contribution in [2.75, 3.05) is 19.6 Å². The van der Waals surface area contributed by atoms with E-state index in [1.54, 1.807) is 12.1 Å². The smallest absolute Gasteiger partial charge is 0.254 e. The molecule has 0 saturated carbocycles. The van der Waals surface area contributed by atoms with E-state index in [-0.39, 0.29) is 11.7 Å². The monoisotopic (exact) mass is 421 g/mol. The largest absolute Gasteiger partial charge is 0.507 e. The zero-order chi connectivity index (χ0) is 22.5. The lowest BCUT2D eigenvalue weighted by molar-refractivity contribution is -0.122. The maximum Gasteiger partial charge on any atom is 0.254 e. The van der Waals surface area contributed by atoms with Gasteiger partial charge in [-0.15, -0.1) is 6.58 Å². The number of phenolic OH excluding ortho intramolecular Hbond substituents is 1. The number of rotatable bonds is 13. The number of amides is 1. The summed E-state index contributed by atoms with van der Waals surface area (Å²) < 4.78 is 0. The van der Waals surface area contributed by atoms with Gasteiger partial charge in [0.05, 0.1) is 12.8 Å². The van der Waals surface area contributed by atoms with Crippen LogP contribution in [0.2, 0.25) is 0 Å². The van der Waals surface area contributed by atoms with E-state index in [0.717, 1.165) is 37.9 Å². The fourth-order valence-corrected chi connectivity index (χ4v) is 3.40. The van der Waals surface area contributed by atoms with E-state index in [1.165, 1.54) is 11.8 Å². The number of aromatic hydroxyl groups is 1. The van der Waals surface area contributed by atoms with Crippen LogP contribution in [0.1, 0.15) is 43.4 Å². The number of benzene rings is 2. The summed E-state index contributed by atoms with van der Waals surface area (Å²) in [6.07, 6.45) is 7.08. The van der Waals surface area contributed by atoms with Gasteiger partial charge in [-0.1, -0.05) is 62.4 Å². The first-order valence-electron chi connectivity index (χ1n) is 11.0. The van der Waals surface area contributed by atoms with Crippen molar-refractivity contribution in [3.63, 3.8) is 0 Å². The van der Waals surface area contributed by atoms with Crippen LogP contribution in [0.4, 0.5) is 0 Å². The third kappa shape index (κ3) is 8.77. The minimum absolute atomic E-state index is 0.156. The lowest BCUT2D eigenvalue weighted by atomic mass is 9.98. The van der Waals surface area contributed by atoms with Gasteiger partial charge in [0.15, 0.2) is 0 Å². The summed E-state index contributed by atoms with van der Waals surface area (Å²) in [5.74, 6) is 0.609. The van der Waals surface area contributed by atoms with Gasteiger partial charge in [-0.05, 0) is 61.9 Å². The molecular formula is C26H35N3O2. The molecule has 0 aromatic heterocycles. The number of nitrogens with zero attached hydrogens (tertiary/aromatic N) is 2. The summed E-state index contributed by atoms with van der Waals surface area (Å²) >= 11 is 0. The van der Waals surface area contributed by atoms with E-state index in [2.05, 4.69) is 60.1 Å². The number of carbonyl (C=O) groups excluding carboxylic acids is 1. The number of hydrazone groups is 1. The summed E-state index contributed by atoms with van der Waals surface area (Å²) in [6.45, 7) is 10.0. The number of hydrogen-bond donors (Lipinski definition) is 2. The standard InChI is InChI=1S/C26H35N3O2/c1-4-10-23-13-9-14-24(26(23)31)19-27-28-25(30)20-29(5-2)18-17-21(3)15-16-22-11-7-6-8-12-22/h4,6-9,11-14,19,21,31H,1,5,10,15-18,20H2,2-3H3,(H,28,30)/b27-19+/t21-/m1/s1. The molecule has 0 aliphatic heterocycles. The Bertz CT molecular complexity index is 849. The molecular weight excluding hydrogens is 386 g/mol. The number of likely N-dealkylation sites (N-methyl/N-ethyl adjacent to an activating group) is 1. The molecule has 0 bridgehead atoms. The average Bonchev–Trinajstić information content (AvgIpc) is 2.78. The molecule has 2 aromatic carbocycles. The average molecular weight is 422 g/mol. The molecule has 2 N–H and O–H groups in total. The number of nitrogens with one attached hydrogen (secondary N) is 1. The Morgan fingerprint density at radius 3 is 2.68 bits per heavy atom. The normalized spacial score (nSPS) is 12.2. The van der Waals surface area contributed by atoms with Crippen molar-refractivity contribution in [3.05, 3.63) is 77.9 Å². The van der Waals surface area contributed by atoms with E-state index in [4.69, 9.17) is 0 Å². The lowest BCUT2D eigenvalue weighted by Crippen LogP contribution is -2.36. The molecule has 5 nitrogen and oxygen atoms in total. The number of allylic oxidation sites excluding steroid dienone is 1. The molecule has 0 heterocycles. The first kappa shape index (κ1) is 24.4. The number of aryl methyl sites for hydroxylation is 1. The van der Waals surface area contributed by atoms with E-state index in [1.807, 2.05) is 18.2 Å². The second-order valence-corrected chi connectivity index (χ2v) is 7.93. The maximum absolute atomic E-state index is 12.3. The van der Waals surface area contributed by atoms with Crippen molar-refractivity contribution in [2.45, 2.75) is 39.5 Å². The summed E-state index contributed by atoms with van der Waals surface area (Å²) in [4.78, 5) is 14.4. The molecule has 0 spiro atoms.